The third-order valence-corrected chi connectivity index (χ3v) is 8.42. The maximum atomic E-state index is 13.8. The van der Waals surface area contributed by atoms with Crippen molar-refractivity contribution in [3.63, 3.8) is 0 Å². The van der Waals surface area contributed by atoms with Crippen molar-refractivity contribution in [3.8, 4) is 11.5 Å². The maximum Gasteiger partial charge on any atom is 0.253 e. The summed E-state index contributed by atoms with van der Waals surface area (Å²) in [5.41, 5.74) is 5.28. The van der Waals surface area contributed by atoms with Gasteiger partial charge in [0.25, 0.3) is 5.91 Å². The van der Waals surface area contributed by atoms with Gasteiger partial charge in [0.1, 0.15) is 11.5 Å². The fourth-order valence-electron chi connectivity index (χ4n) is 5.23. The first kappa shape index (κ1) is 26.7. The fourth-order valence-corrected chi connectivity index (χ4v) is 6.17. The van der Waals surface area contributed by atoms with E-state index in [9.17, 15) is 4.79 Å². The summed E-state index contributed by atoms with van der Waals surface area (Å²) in [5, 5.41) is 7.67. The lowest BCUT2D eigenvalue weighted by Gasteiger charge is -2.22. The number of para-hydroxylation sites is 1. The van der Waals surface area contributed by atoms with Gasteiger partial charge in [0, 0.05) is 35.0 Å². The molecule has 0 radical (unpaired) electrons. The minimum atomic E-state index is -0.189. The molecule has 1 amide bonds. The maximum absolute atomic E-state index is 13.8. The highest BCUT2D eigenvalue weighted by molar-refractivity contribution is 8.00. The van der Waals surface area contributed by atoms with Crippen molar-refractivity contribution >= 4 is 34.3 Å². The zero-order valence-electron chi connectivity index (χ0n) is 23.1. The topological polar surface area (TPSA) is 56.1 Å². The van der Waals surface area contributed by atoms with Crippen LogP contribution in [0.15, 0.2) is 119 Å². The van der Waals surface area contributed by atoms with Gasteiger partial charge in [-0.2, -0.15) is 5.10 Å². The number of carbonyl (C=O) groups excluding carboxylic acids is 1. The van der Waals surface area contributed by atoms with Gasteiger partial charge >= 0.3 is 0 Å². The number of rotatable bonds is 9. The zero-order valence-corrected chi connectivity index (χ0v) is 23.9. The summed E-state index contributed by atoms with van der Waals surface area (Å²) in [5.74, 6) is 1.82. The number of methoxy groups -OCH3 is 2. The van der Waals surface area contributed by atoms with Crippen LogP contribution in [-0.2, 0) is 11.3 Å². The van der Waals surface area contributed by atoms with E-state index in [1.54, 1.807) is 31.0 Å². The molecule has 0 saturated carbocycles. The SMILES string of the molecule is COc1ccc(C2=NN(C(=O)CSc3cn(Cc4ccccc4)c4ccccc34)[C@@H](c3ccc(OC)cc3)C2)cc1. The van der Waals surface area contributed by atoms with Crippen molar-refractivity contribution in [2.24, 2.45) is 5.10 Å². The van der Waals surface area contributed by atoms with Crippen LogP contribution in [0.3, 0.4) is 0 Å². The Morgan fingerprint density at radius 2 is 1.51 bits per heavy atom. The molecule has 0 fully saturated rings. The van der Waals surface area contributed by atoms with Crippen LogP contribution in [0.4, 0.5) is 0 Å². The second kappa shape index (κ2) is 11.9. The van der Waals surface area contributed by atoms with Crippen LogP contribution < -0.4 is 9.47 Å². The lowest BCUT2D eigenvalue weighted by atomic mass is 9.98. The molecule has 6 rings (SSSR count). The van der Waals surface area contributed by atoms with Crippen LogP contribution in [0.1, 0.15) is 29.2 Å². The van der Waals surface area contributed by atoms with Crippen LogP contribution in [0.5, 0.6) is 11.5 Å². The van der Waals surface area contributed by atoms with Gasteiger partial charge in [-0.3, -0.25) is 4.79 Å². The van der Waals surface area contributed by atoms with Crippen LogP contribution in [0.25, 0.3) is 10.9 Å². The zero-order chi connectivity index (χ0) is 28.2. The molecule has 206 valence electrons. The highest BCUT2D eigenvalue weighted by Crippen LogP contribution is 2.36. The van der Waals surface area contributed by atoms with E-state index in [0.717, 1.165) is 50.7 Å². The number of hydrogen-bond donors (Lipinski definition) is 0. The Bertz CT molecular complexity index is 1680. The quantitative estimate of drug-likeness (QED) is 0.179. The molecule has 1 atom stereocenters. The smallest absolute Gasteiger partial charge is 0.253 e. The van der Waals surface area contributed by atoms with Gasteiger partial charge in [0.2, 0.25) is 0 Å². The molecule has 4 aromatic carbocycles. The number of amides is 1. The van der Waals surface area contributed by atoms with Gasteiger partial charge in [-0.05, 0) is 59.2 Å². The summed E-state index contributed by atoms with van der Waals surface area (Å²) in [7, 11) is 3.30. The second-order valence-corrected chi connectivity index (χ2v) is 10.9. The number of thioether (sulfide) groups is 1. The van der Waals surface area contributed by atoms with Crippen molar-refractivity contribution in [3.05, 3.63) is 126 Å². The Balaban J connectivity index is 1.26. The second-order valence-electron chi connectivity index (χ2n) is 9.92. The van der Waals surface area contributed by atoms with Crippen LogP contribution in [0.2, 0.25) is 0 Å². The average molecular weight is 562 g/mol. The van der Waals surface area contributed by atoms with Gasteiger partial charge in [-0.15, -0.1) is 11.8 Å². The minimum absolute atomic E-state index is 0.0285. The van der Waals surface area contributed by atoms with Gasteiger partial charge in [-0.1, -0.05) is 60.7 Å². The van der Waals surface area contributed by atoms with Crippen LogP contribution in [0, 0.1) is 0 Å². The van der Waals surface area contributed by atoms with E-state index in [-0.39, 0.29) is 17.7 Å². The van der Waals surface area contributed by atoms with Gasteiger partial charge in [-0.25, -0.2) is 5.01 Å². The minimum Gasteiger partial charge on any atom is -0.497 e. The summed E-state index contributed by atoms with van der Waals surface area (Å²) in [6, 6.07) is 34.3. The summed E-state index contributed by atoms with van der Waals surface area (Å²) in [4.78, 5) is 14.9. The molecule has 0 spiro atoms. The Morgan fingerprint density at radius 3 is 2.22 bits per heavy atom. The summed E-state index contributed by atoms with van der Waals surface area (Å²) in [6.45, 7) is 0.775. The molecule has 41 heavy (non-hydrogen) atoms. The highest BCUT2D eigenvalue weighted by Gasteiger charge is 2.33. The summed E-state index contributed by atoms with van der Waals surface area (Å²) < 4.78 is 12.9. The van der Waals surface area contributed by atoms with Crippen molar-refractivity contribution in [2.75, 3.05) is 20.0 Å². The van der Waals surface area contributed by atoms with Crippen LogP contribution in [-0.4, -0.2) is 41.2 Å². The number of carbonyl (C=O) groups is 1. The molecule has 5 aromatic rings. The molecule has 0 saturated heterocycles. The number of hydrazone groups is 1. The molecule has 0 N–H and O–H groups in total. The van der Waals surface area contributed by atoms with E-state index in [1.807, 2.05) is 60.7 Å². The number of aromatic nitrogens is 1. The van der Waals surface area contributed by atoms with E-state index in [4.69, 9.17) is 14.6 Å². The molecule has 7 heteroatoms. The van der Waals surface area contributed by atoms with E-state index >= 15 is 0 Å². The lowest BCUT2D eigenvalue weighted by molar-refractivity contribution is -0.130. The molecule has 0 unspecified atom stereocenters. The fraction of sp³-hybridized carbons (Fsp3) is 0.176. The third-order valence-electron chi connectivity index (χ3n) is 7.39. The largest absolute Gasteiger partial charge is 0.497 e. The van der Waals surface area contributed by atoms with Crippen LogP contribution >= 0.6 is 11.8 Å². The number of ether oxygens (including phenoxy) is 2. The Hall–Kier alpha value is -4.49. The van der Waals surface area contributed by atoms with E-state index in [0.29, 0.717) is 6.42 Å². The number of nitrogens with zero attached hydrogens (tertiary/aromatic N) is 3. The molecular formula is C34H31N3O3S. The normalized spacial score (nSPS) is 14.7. The van der Waals surface area contributed by atoms with E-state index in [1.165, 1.54) is 5.56 Å². The highest BCUT2D eigenvalue weighted by atomic mass is 32.2. The first-order chi connectivity index (χ1) is 20.1. The molecule has 2 heterocycles. The van der Waals surface area contributed by atoms with Gasteiger partial charge in [0.15, 0.2) is 0 Å². The first-order valence-electron chi connectivity index (χ1n) is 13.6. The molecule has 0 bridgehead atoms. The Labute approximate surface area is 244 Å². The number of fused-ring (bicyclic) bond motifs is 1. The van der Waals surface area contributed by atoms with Crippen molar-refractivity contribution in [2.45, 2.75) is 23.9 Å². The molecule has 0 aliphatic carbocycles. The predicted molar refractivity (Wildman–Crippen MR) is 165 cm³/mol. The van der Waals surface area contributed by atoms with Crippen molar-refractivity contribution < 1.29 is 14.3 Å². The van der Waals surface area contributed by atoms with E-state index in [2.05, 4.69) is 53.2 Å². The summed E-state index contributed by atoms with van der Waals surface area (Å²) in [6.07, 6.45) is 2.79. The standard InChI is InChI=1S/C34H31N3O3S/c1-39-27-16-12-25(13-17-27)30-20-32(26-14-18-28(40-2)19-15-26)37(35-30)34(38)23-41-33-22-36(21-24-8-4-3-5-9-24)31-11-7-6-10-29(31)33/h3-19,22,32H,20-21,23H2,1-2H3/t32-/m1/s1. The monoisotopic (exact) mass is 561 g/mol. The molecule has 1 aromatic heterocycles. The third kappa shape index (κ3) is 5.72. The first-order valence-corrected chi connectivity index (χ1v) is 14.5. The molecule has 1 aliphatic heterocycles. The Morgan fingerprint density at radius 1 is 0.854 bits per heavy atom. The average Bonchev–Trinajstić information content (AvgIpc) is 3.63. The molecule has 6 nitrogen and oxygen atoms in total. The lowest BCUT2D eigenvalue weighted by Crippen LogP contribution is -2.28. The van der Waals surface area contributed by atoms with Crippen molar-refractivity contribution in [1.29, 1.82) is 0 Å². The van der Waals surface area contributed by atoms with Crippen molar-refractivity contribution in [1.82, 2.24) is 9.58 Å². The molecule has 1 aliphatic rings. The van der Waals surface area contributed by atoms with Gasteiger partial charge < -0.3 is 14.0 Å². The van der Waals surface area contributed by atoms with Gasteiger partial charge in [0.05, 0.1) is 31.7 Å². The number of hydrogen-bond acceptors (Lipinski definition) is 5. The Kier molecular flexibility index (Phi) is 7.78. The van der Waals surface area contributed by atoms with E-state index < -0.39 is 0 Å². The molecular weight excluding hydrogens is 530 g/mol. The number of benzene rings is 4. The summed E-state index contributed by atoms with van der Waals surface area (Å²) >= 11 is 1.56. The predicted octanol–water partition coefficient (Wildman–Crippen LogP) is 7.18.